The standard InChI is InChI=1S/C18H30N4O6/c23-11-13-27-17-18(28-14-12-24,20-8-4-1-3-7-19(17)15(20)25)22-10-6-2-5-9-21(17)16(22)26/h23-24H,1-14H2/t17-,18+. The van der Waals surface area contributed by atoms with Crippen LogP contribution in [0.5, 0.6) is 0 Å². The summed E-state index contributed by atoms with van der Waals surface area (Å²) in [6.07, 6.45) is 5.15. The Bertz CT molecular complexity index is 533. The van der Waals surface area contributed by atoms with Crippen LogP contribution >= 0.6 is 0 Å². The second-order valence-corrected chi connectivity index (χ2v) is 7.65. The molecule has 0 aromatic rings. The van der Waals surface area contributed by atoms with Crippen LogP contribution in [0.25, 0.3) is 0 Å². The average Bonchev–Trinajstić information content (AvgIpc) is 3.03. The van der Waals surface area contributed by atoms with Gasteiger partial charge in [-0.15, -0.1) is 0 Å². The molecule has 0 aromatic heterocycles. The van der Waals surface area contributed by atoms with Gasteiger partial charge in [-0.05, 0) is 38.5 Å². The van der Waals surface area contributed by atoms with Crippen LogP contribution < -0.4 is 0 Å². The highest BCUT2D eigenvalue weighted by Gasteiger charge is 2.81. The van der Waals surface area contributed by atoms with Crippen molar-refractivity contribution in [3.05, 3.63) is 0 Å². The van der Waals surface area contributed by atoms with Gasteiger partial charge >= 0.3 is 23.8 Å². The van der Waals surface area contributed by atoms with Gasteiger partial charge in [0.05, 0.1) is 26.4 Å². The van der Waals surface area contributed by atoms with E-state index in [1.54, 1.807) is 19.6 Å². The first-order valence-corrected chi connectivity index (χ1v) is 10.3. The van der Waals surface area contributed by atoms with Crippen molar-refractivity contribution < 1.29 is 29.3 Å². The molecule has 4 amide bonds. The van der Waals surface area contributed by atoms with Crippen molar-refractivity contribution in [1.82, 2.24) is 19.6 Å². The minimum Gasteiger partial charge on any atom is -0.394 e. The number of hydrogen-bond donors (Lipinski definition) is 2. The SMILES string of the molecule is O=C1N2CCCCCN1[C@]1(OCCO)N3CCCCCN(C3=O)[C@]21OCCO. The van der Waals surface area contributed by atoms with E-state index in [-0.39, 0.29) is 38.5 Å². The monoisotopic (exact) mass is 398 g/mol. The number of fused-ring (bicyclic) bond motifs is 9. The van der Waals surface area contributed by atoms with Crippen LogP contribution in [0, 0.1) is 0 Å². The zero-order valence-corrected chi connectivity index (χ0v) is 16.2. The molecule has 28 heavy (non-hydrogen) atoms. The third kappa shape index (κ3) is 2.47. The van der Waals surface area contributed by atoms with E-state index in [1.165, 1.54) is 0 Å². The van der Waals surface area contributed by atoms with Crippen molar-refractivity contribution in [3.63, 3.8) is 0 Å². The van der Waals surface area contributed by atoms with Crippen molar-refractivity contribution in [2.24, 2.45) is 0 Å². The summed E-state index contributed by atoms with van der Waals surface area (Å²) in [5, 5.41) is 19.0. The molecule has 4 rings (SSSR count). The second-order valence-electron chi connectivity index (χ2n) is 7.65. The van der Waals surface area contributed by atoms with Crippen molar-refractivity contribution in [3.8, 4) is 0 Å². The van der Waals surface area contributed by atoms with Gasteiger partial charge in [0, 0.05) is 26.2 Å². The third-order valence-corrected chi connectivity index (χ3v) is 6.13. The van der Waals surface area contributed by atoms with Crippen LogP contribution in [0.2, 0.25) is 0 Å². The van der Waals surface area contributed by atoms with E-state index in [0.29, 0.717) is 26.2 Å². The molecule has 4 fully saturated rings. The Morgan fingerprint density at radius 3 is 1.25 bits per heavy atom. The number of urea groups is 2. The molecule has 0 radical (unpaired) electrons. The smallest absolute Gasteiger partial charge is 0.327 e. The van der Waals surface area contributed by atoms with Crippen LogP contribution in [0.3, 0.4) is 0 Å². The van der Waals surface area contributed by atoms with Gasteiger partial charge in [0.1, 0.15) is 0 Å². The van der Waals surface area contributed by atoms with Gasteiger partial charge in [-0.3, -0.25) is 19.6 Å². The lowest BCUT2D eigenvalue weighted by molar-refractivity contribution is -0.334. The number of ether oxygens (including phenoxy) is 2. The largest absolute Gasteiger partial charge is 0.394 e. The minimum absolute atomic E-state index is 0.0283. The molecule has 4 saturated heterocycles. The lowest BCUT2D eigenvalue weighted by Gasteiger charge is -2.47. The van der Waals surface area contributed by atoms with Gasteiger partial charge in [-0.1, -0.05) is 0 Å². The van der Waals surface area contributed by atoms with Crippen LogP contribution in [0.4, 0.5) is 9.59 Å². The molecule has 0 aliphatic carbocycles. The molecule has 158 valence electrons. The molecule has 0 atom stereocenters. The molecule has 4 aliphatic rings. The van der Waals surface area contributed by atoms with Crippen LogP contribution in [-0.4, -0.2) is 106 Å². The Labute approximate surface area is 164 Å². The summed E-state index contributed by atoms with van der Waals surface area (Å²) < 4.78 is 12.5. The molecule has 0 unspecified atom stereocenters. The zero-order valence-electron chi connectivity index (χ0n) is 16.2. The molecule has 10 heteroatoms. The molecule has 10 nitrogen and oxygen atoms in total. The highest BCUT2D eigenvalue weighted by Crippen LogP contribution is 2.54. The Balaban J connectivity index is 1.92. The van der Waals surface area contributed by atoms with E-state index >= 15 is 0 Å². The lowest BCUT2D eigenvalue weighted by Crippen LogP contribution is -2.71. The summed E-state index contributed by atoms with van der Waals surface area (Å²) in [4.78, 5) is 33.4. The molecule has 0 saturated carbocycles. The number of rotatable bonds is 6. The first-order valence-electron chi connectivity index (χ1n) is 10.3. The molecule has 4 bridgehead atoms. The molecule has 2 N–H and O–H groups in total. The molecular formula is C18H30N4O6. The van der Waals surface area contributed by atoms with Crippen LogP contribution in [-0.2, 0) is 9.47 Å². The van der Waals surface area contributed by atoms with Gasteiger partial charge < -0.3 is 19.7 Å². The molecule has 0 spiro atoms. The summed E-state index contributed by atoms with van der Waals surface area (Å²) in [7, 11) is 0. The number of aliphatic hydroxyl groups is 2. The quantitative estimate of drug-likeness (QED) is 0.660. The van der Waals surface area contributed by atoms with Crippen molar-refractivity contribution >= 4 is 12.1 Å². The van der Waals surface area contributed by atoms with Crippen LogP contribution in [0.1, 0.15) is 38.5 Å². The Hall–Kier alpha value is -1.62. The fourth-order valence-corrected chi connectivity index (χ4v) is 5.10. The Kier molecular flexibility index (Phi) is 5.38. The zero-order chi connectivity index (χ0) is 19.8. The molecule has 4 aliphatic heterocycles. The van der Waals surface area contributed by atoms with Gasteiger partial charge in [0.15, 0.2) is 0 Å². The third-order valence-electron chi connectivity index (χ3n) is 6.13. The topological polar surface area (TPSA) is 106 Å². The molecule has 0 aromatic carbocycles. The van der Waals surface area contributed by atoms with Crippen molar-refractivity contribution in [1.29, 1.82) is 0 Å². The molecular weight excluding hydrogens is 368 g/mol. The number of aliphatic hydroxyl groups excluding tert-OH is 2. The van der Waals surface area contributed by atoms with E-state index < -0.39 is 11.7 Å². The Morgan fingerprint density at radius 2 is 0.964 bits per heavy atom. The average molecular weight is 398 g/mol. The number of hydrogen-bond acceptors (Lipinski definition) is 6. The van der Waals surface area contributed by atoms with E-state index in [9.17, 15) is 19.8 Å². The van der Waals surface area contributed by atoms with Gasteiger partial charge in [0.2, 0.25) is 0 Å². The minimum atomic E-state index is -1.46. The number of nitrogens with zero attached hydrogens (tertiary/aromatic N) is 4. The normalized spacial score (nSPS) is 32.9. The highest BCUT2D eigenvalue weighted by atomic mass is 16.6. The summed E-state index contributed by atoms with van der Waals surface area (Å²) in [5.41, 5.74) is 0. The highest BCUT2D eigenvalue weighted by molar-refractivity contribution is 5.87. The van der Waals surface area contributed by atoms with Crippen molar-refractivity contribution in [2.45, 2.75) is 50.2 Å². The second kappa shape index (κ2) is 7.66. The van der Waals surface area contributed by atoms with Gasteiger partial charge in [0.25, 0.3) is 0 Å². The maximum atomic E-state index is 13.4. The van der Waals surface area contributed by atoms with E-state index in [1.807, 2.05) is 0 Å². The summed E-state index contributed by atoms with van der Waals surface area (Å²) >= 11 is 0. The van der Waals surface area contributed by atoms with E-state index in [4.69, 9.17) is 9.47 Å². The predicted octanol–water partition coefficient (Wildman–Crippen LogP) is 0.155. The van der Waals surface area contributed by atoms with Gasteiger partial charge in [-0.2, -0.15) is 0 Å². The van der Waals surface area contributed by atoms with Gasteiger partial charge in [-0.25, -0.2) is 9.59 Å². The maximum absolute atomic E-state index is 13.4. The number of carbonyl (C=O) groups is 2. The van der Waals surface area contributed by atoms with E-state index in [2.05, 4.69) is 0 Å². The lowest BCUT2D eigenvalue weighted by atomic mass is 10.2. The van der Waals surface area contributed by atoms with Crippen molar-refractivity contribution in [2.75, 3.05) is 52.6 Å². The fourth-order valence-electron chi connectivity index (χ4n) is 5.10. The summed E-state index contributed by atoms with van der Waals surface area (Å²) in [6.45, 7) is 1.26. The first kappa shape index (κ1) is 19.7. The summed E-state index contributed by atoms with van der Waals surface area (Å²) in [5.74, 6) is -2.93. The number of amides is 4. The summed E-state index contributed by atoms with van der Waals surface area (Å²) in [6, 6.07) is -0.447. The molecule has 4 heterocycles. The Morgan fingerprint density at radius 1 is 0.643 bits per heavy atom. The maximum Gasteiger partial charge on any atom is 0.327 e. The number of carbonyl (C=O) groups excluding carboxylic acids is 2. The first-order chi connectivity index (χ1) is 13.6. The fraction of sp³-hybridized carbons (Fsp3) is 0.889. The predicted molar refractivity (Wildman–Crippen MR) is 96.9 cm³/mol. The van der Waals surface area contributed by atoms with E-state index in [0.717, 1.165) is 38.5 Å². The van der Waals surface area contributed by atoms with Crippen LogP contribution in [0.15, 0.2) is 0 Å².